The van der Waals surface area contributed by atoms with E-state index >= 15 is 0 Å². The zero-order valence-corrected chi connectivity index (χ0v) is 15.1. The van der Waals surface area contributed by atoms with E-state index in [4.69, 9.17) is 10.5 Å². The van der Waals surface area contributed by atoms with Gasteiger partial charge in [-0.2, -0.15) is 0 Å². The molecule has 2 atom stereocenters. The van der Waals surface area contributed by atoms with Crippen LogP contribution >= 0.6 is 12.4 Å². The van der Waals surface area contributed by atoms with E-state index in [1.807, 2.05) is 29.2 Å². The third kappa shape index (κ3) is 5.40. The Morgan fingerprint density at radius 3 is 2.83 bits per heavy atom. The van der Waals surface area contributed by atoms with Gasteiger partial charge in [0.2, 0.25) is 0 Å². The number of carbonyl (C=O) groups excluding carboxylic acids is 1. The molecule has 2 rings (SSSR count). The van der Waals surface area contributed by atoms with Crippen LogP contribution in [0, 0.1) is 11.8 Å². The molecule has 5 heteroatoms. The number of nitrogens with zero attached hydrogens (tertiary/aromatic N) is 1. The Morgan fingerprint density at radius 2 is 2.17 bits per heavy atom. The average Bonchev–Trinajstić information content (AvgIpc) is 2.52. The monoisotopic (exact) mass is 340 g/mol. The summed E-state index contributed by atoms with van der Waals surface area (Å²) >= 11 is 0. The van der Waals surface area contributed by atoms with Gasteiger partial charge in [-0.3, -0.25) is 4.79 Å². The molecule has 1 amide bonds. The maximum absolute atomic E-state index is 12.8. The number of amides is 1. The fourth-order valence-corrected chi connectivity index (χ4v) is 2.89. The van der Waals surface area contributed by atoms with E-state index in [2.05, 4.69) is 20.8 Å². The van der Waals surface area contributed by atoms with Gasteiger partial charge in [-0.05, 0) is 42.9 Å². The van der Waals surface area contributed by atoms with Crippen molar-refractivity contribution in [2.24, 2.45) is 17.6 Å². The van der Waals surface area contributed by atoms with Gasteiger partial charge in [0.25, 0.3) is 5.91 Å². The van der Waals surface area contributed by atoms with Crippen LogP contribution in [0.25, 0.3) is 0 Å². The van der Waals surface area contributed by atoms with Crippen molar-refractivity contribution in [3.63, 3.8) is 0 Å². The summed E-state index contributed by atoms with van der Waals surface area (Å²) in [6.07, 6.45) is 2.04. The Bertz CT molecular complexity index is 508. The molecule has 4 nitrogen and oxygen atoms in total. The lowest BCUT2D eigenvalue weighted by atomic mass is 9.92. The Hall–Kier alpha value is -1.26. The molecular formula is C18H29ClN2O2. The van der Waals surface area contributed by atoms with Gasteiger partial charge >= 0.3 is 0 Å². The number of halogens is 1. The van der Waals surface area contributed by atoms with E-state index in [0.717, 1.165) is 25.1 Å². The molecule has 1 aromatic carbocycles. The second-order valence-corrected chi connectivity index (χ2v) is 6.75. The van der Waals surface area contributed by atoms with E-state index in [1.54, 1.807) is 0 Å². The second kappa shape index (κ2) is 9.14. The molecule has 130 valence electrons. The molecule has 1 aliphatic rings. The molecule has 1 fully saturated rings. The first kappa shape index (κ1) is 19.8. The van der Waals surface area contributed by atoms with Crippen molar-refractivity contribution in [2.75, 3.05) is 19.7 Å². The summed E-state index contributed by atoms with van der Waals surface area (Å²) in [4.78, 5) is 14.7. The highest BCUT2D eigenvalue weighted by molar-refractivity contribution is 5.94. The maximum atomic E-state index is 12.8. The summed E-state index contributed by atoms with van der Waals surface area (Å²) in [6, 6.07) is 7.63. The zero-order chi connectivity index (χ0) is 16.1. The number of hydrogen-bond donors (Lipinski definition) is 1. The largest absolute Gasteiger partial charge is 0.493 e. The van der Waals surface area contributed by atoms with Crippen molar-refractivity contribution in [2.45, 2.75) is 39.7 Å². The molecule has 1 saturated heterocycles. The lowest BCUT2D eigenvalue weighted by molar-refractivity contribution is 0.0573. The maximum Gasteiger partial charge on any atom is 0.254 e. The predicted molar refractivity (Wildman–Crippen MR) is 96.3 cm³/mol. The van der Waals surface area contributed by atoms with Gasteiger partial charge in [-0.25, -0.2) is 0 Å². The summed E-state index contributed by atoms with van der Waals surface area (Å²) in [6.45, 7) is 8.42. The Morgan fingerprint density at radius 1 is 1.43 bits per heavy atom. The fourth-order valence-electron chi connectivity index (χ4n) is 2.89. The summed E-state index contributed by atoms with van der Waals surface area (Å²) in [5.74, 6) is 1.93. The van der Waals surface area contributed by atoms with Crippen molar-refractivity contribution in [3.05, 3.63) is 29.8 Å². The van der Waals surface area contributed by atoms with E-state index < -0.39 is 0 Å². The average molecular weight is 341 g/mol. The van der Waals surface area contributed by atoms with E-state index in [9.17, 15) is 4.79 Å². The molecule has 0 radical (unpaired) electrons. The molecule has 0 saturated carbocycles. The van der Waals surface area contributed by atoms with Crippen LogP contribution in [-0.2, 0) is 0 Å². The zero-order valence-electron chi connectivity index (χ0n) is 14.3. The van der Waals surface area contributed by atoms with Crippen LogP contribution in [0.15, 0.2) is 24.3 Å². The predicted octanol–water partition coefficient (Wildman–Crippen LogP) is 3.34. The Kier molecular flexibility index (Phi) is 7.86. The first-order valence-electron chi connectivity index (χ1n) is 8.25. The molecule has 23 heavy (non-hydrogen) atoms. The van der Waals surface area contributed by atoms with Gasteiger partial charge in [-0.1, -0.05) is 26.8 Å². The summed E-state index contributed by atoms with van der Waals surface area (Å²) in [7, 11) is 0. The van der Waals surface area contributed by atoms with Gasteiger partial charge in [0.1, 0.15) is 5.75 Å². The summed E-state index contributed by atoms with van der Waals surface area (Å²) in [5.41, 5.74) is 6.55. The Labute approximate surface area is 145 Å². The first-order chi connectivity index (χ1) is 10.5. The van der Waals surface area contributed by atoms with Crippen molar-refractivity contribution >= 4 is 18.3 Å². The van der Waals surface area contributed by atoms with Crippen molar-refractivity contribution in [3.8, 4) is 5.75 Å². The molecule has 0 aliphatic carbocycles. The van der Waals surface area contributed by atoms with Crippen LogP contribution in [0.2, 0.25) is 0 Å². The van der Waals surface area contributed by atoms with E-state index in [-0.39, 0.29) is 24.4 Å². The molecular weight excluding hydrogens is 312 g/mol. The van der Waals surface area contributed by atoms with Crippen LogP contribution in [0.5, 0.6) is 5.75 Å². The number of rotatable bonds is 5. The van der Waals surface area contributed by atoms with Gasteiger partial charge < -0.3 is 15.4 Å². The number of piperidine rings is 1. The highest BCUT2D eigenvalue weighted by Gasteiger charge is 2.29. The van der Waals surface area contributed by atoms with Gasteiger partial charge in [0.15, 0.2) is 0 Å². The molecule has 0 bridgehead atoms. The lowest BCUT2D eigenvalue weighted by Gasteiger charge is -2.38. The molecule has 1 aromatic rings. The third-order valence-corrected chi connectivity index (χ3v) is 4.18. The summed E-state index contributed by atoms with van der Waals surface area (Å²) in [5, 5.41) is 0. The molecule has 2 unspecified atom stereocenters. The number of nitrogens with two attached hydrogens (primary N) is 1. The normalized spacial score (nSPS) is 21.0. The molecule has 1 aliphatic heterocycles. The van der Waals surface area contributed by atoms with E-state index in [0.29, 0.717) is 30.6 Å². The van der Waals surface area contributed by atoms with Crippen LogP contribution in [0.3, 0.4) is 0 Å². The minimum Gasteiger partial charge on any atom is -0.493 e. The topological polar surface area (TPSA) is 55.6 Å². The quantitative estimate of drug-likeness (QED) is 0.894. The SMILES string of the molecule is CC(C)COc1cccc(C(=O)N2CCC(C)CC2CN)c1.Cl. The van der Waals surface area contributed by atoms with Gasteiger partial charge in [-0.15, -0.1) is 12.4 Å². The van der Waals surface area contributed by atoms with Crippen molar-refractivity contribution in [1.29, 1.82) is 0 Å². The van der Waals surface area contributed by atoms with Crippen LogP contribution in [0.4, 0.5) is 0 Å². The minimum atomic E-state index is 0. The summed E-state index contributed by atoms with van der Waals surface area (Å²) < 4.78 is 5.72. The second-order valence-electron chi connectivity index (χ2n) is 6.75. The first-order valence-corrected chi connectivity index (χ1v) is 8.25. The number of ether oxygens (including phenoxy) is 1. The minimum absolute atomic E-state index is 0. The van der Waals surface area contributed by atoms with Crippen molar-refractivity contribution in [1.82, 2.24) is 4.90 Å². The molecule has 0 spiro atoms. The fraction of sp³-hybridized carbons (Fsp3) is 0.611. The smallest absolute Gasteiger partial charge is 0.254 e. The van der Waals surface area contributed by atoms with Gasteiger partial charge in [0, 0.05) is 24.7 Å². The number of carbonyl (C=O) groups is 1. The number of hydrogen-bond acceptors (Lipinski definition) is 3. The van der Waals surface area contributed by atoms with Crippen LogP contribution in [0.1, 0.15) is 44.0 Å². The lowest BCUT2D eigenvalue weighted by Crippen LogP contribution is -2.49. The van der Waals surface area contributed by atoms with Crippen molar-refractivity contribution < 1.29 is 9.53 Å². The molecule has 2 N–H and O–H groups in total. The molecule has 0 aromatic heterocycles. The van der Waals surface area contributed by atoms with E-state index in [1.165, 1.54) is 0 Å². The van der Waals surface area contributed by atoms with Crippen LogP contribution in [-0.4, -0.2) is 36.5 Å². The number of likely N-dealkylation sites (tertiary alicyclic amines) is 1. The third-order valence-electron chi connectivity index (χ3n) is 4.18. The standard InChI is InChI=1S/C18H28N2O2.ClH/c1-13(2)12-22-17-6-4-5-15(10-17)18(21)20-8-7-14(3)9-16(20)11-19;/h4-6,10,13-14,16H,7-9,11-12,19H2,1-3H3;1H. The highest BCUT2D eigenvalue weighted by Crippen LogP contribution is 2.24. The Balaban J connectivity index is 0.00000264. The van der Waals surface area contributed by atoms with Gasteiger partial charge in [0.05, 0.1) is 6.61 Å². The van der Waals surface area contributed by atoms with Crippen LogP contribution < -0.4 is 10.5 Å². The highest BCUT2D eigenvalue weighted by atomic mass is 35.5. The molecule has 1 heterocycles. The number of benzene rings is 1.